The van der Waals surface area contributed by atoms with Crippen LogP contribution in [0.15, 0.2) is 101 Å². The number of anilines is 2. The molecule has 0 saturated carbocycles. The number of halogens is 2. The smallest absolute Gasteiger partial charge is 0.261 e. The van der Waals surface area contributed by atoms with E-state index >= 15 is 0 Å². The van der Waals surface area contributed by atoms with E-state index in [4.69, 9.17) is 23.2 Å². The summed E-state index contributed by atoms with van der Waals surface area (Å²) in [5, 5.41) is 3.15. The van der Waals surface area contributed by atoms with Crippen LogP contribution in [-0.4, -0.2) is 14.3 Å². The van der Waals surface area contributed by atoms with E-state index in [-0.39, 0.29) is 26.5 Å². The van der Waals surface area contributed by atoms with Gasteiger partial charge in [-0.05, 0) is 73.2 Å². The molecule has 5 nitrogen and oxygen atoms in total. The minimum absolute atomic E-state index is 0.0203. The molecular formula is C27H22Cl2N2O3S2. The SMILES string of the molecule is Cc1ccc(SCc2ccc(C(=O)Nc3ccc(S(=O)(=O)Nc4cccc(Cl)c4Cl)cc3)cc2)cc1. The summed E-state index contributed by atoms with van der Waals surface area (Å²) in [5.41, 5.74) is 3.50. The number of carbonyl (C=O) groups excluding carboxylic acids is 1. The average molecular weight is 558 g/mol. The molecule has 1 amide bonds. The molecule has 4 aromatic carbocycles. The molecule has 0 fully saturated rings. The van der Waals surface area contributed by atoms with Crippen LogP contribution in [-0.2, 0) is 15.8 Å². The first kappa shape index (κ1) is 26.1. The average Bonchev–Trinajstić information content (AvgIpc) is 2.87. The molecule has 0 aliphatic carbocycles. The Labute approximate surface area is 224 Å². The maximum absolute atomic E-state index is 12.7. The van der Waals surface area contributed by atoms with Gasteiger partial charge in [-0.1, -0.05) is 59.1 Å². The van der Waals surface area contributed by atoms with Gasteiger partial charge in [0, 0.05) is 21.9 Å². The zero-order chi connectivity index (χ0) is 25.7. The lowest BCUT2D eigenvalue weighted by Crippen LogP contribution is -2.14. The van der Waals surface area contributed by atoms with Crippen molar-refractivity contribution in [1.82, 2.24) is 0 Å². The van der Waals surface area contributed by atoms with Crippen molar-refractivity contribution in [3.05, 3.63) is 118 Å². The summed E-state index contributed by atoms with van der Waals surface area (Å²) in [7, 11) is -3.89. The molecule has 0 aliphatic heterocycles. The van der Waals surface area contributed by atoms with E-state index in [1.807, 2.05) is 12.1 Å². The van der Waals surface area contributed by atoms with Crippen LogP contribution >= 0.6 is 35.0 Å². The van der Waals surface area contributed by atoms with Gasteiger partial charge < -0.3 is 5.32 Å². The van der Waals surface area contributed by atoms with Gasteiger partial charge in [0.15, 0.2) is 0 Å². The van der Waals surface area contributed by atoms with Crippen molar-refractivity contribution >= 4 is 62.3 Å². The van der Waals surface area contributed by atoms with Crippen LogP contribution in [0.2, 0.25) is 10.0 Å². The second-order valence-corrected chi connectivity index (χ2v) is 11.5. The van der Waals surface area contributed by atoms with Gasteiger partial charge in [0.2, 0.25) is 0 Å². The minimum atomic E-state index is -3.89. The molecule has 9 heteroatoms. The number of hydrogen-bond donors (Lipinski definition) is 2. The summed E-state index contributed by atoms with van der Waals surface area (Å²) in [6.07, 6.45) is 0. The molecule has 0 unspecified atom stereocenters. The number of carbonyl (C=O) groups is 1. The van der Waals surface area contributed by atoms with Crippen molar-refractivity contribution in [1.29, 1.82) is 0 Å². The van der Waals surface area contributed by atoms with Crippen LogP contribution in [0.4, 0.5) is 11.4 Å². The number of benzene rings is 4. The molecule has 0 spiro atoms. The maximum Gasteiger partial charge on any atom is 0.261 e. The molecule has 0 radical (unpaired) electrons. The molecule has 4 rings (SSSR count). The molecule has 0 aromatic heterocycles. The molecule has 0 heterocycles. The Kier molecular flexibility index (Phi) is 8.26. The van der Waals surface area contributed by atoms with Crippen LogP contribution < -0.4 is 10.0 Å². The summed E-state index contributed by atoms with van der Waals surface area (Å²) < 4.78 is 27.8. The van der Waals surface area contributed by atoms with Crippen molar-refractivity contribution in [2.24, 2.45) is 0 Å². The summed E-state index contributed by atoms with van der Waals surface area (Å²) in [5.74, 6) is 0.516. The van der Waals surface area contributed by atoms with Crippen molar-refractivity contribution in [3.8, 4) is 0 Å². The molecule has 184 valence electrons. The van der Waals surface area contributed by atoms with Crippen LogP contribution in [0.3, 0.4) is 0 Å². The molecule has 0 aliphatic rings. The van der Waals surface area contributed by atoms with Crippen LogP contribution in [0.1, 0.15) is 21.5 Å². The third-order valence-electron chi connectivity index (χ3n) is 5.26. The Balaban J connectivity index is 1.36. The van der Waals surface area contributed by atoms with Crippen LogP contribution in [0.25, 0.3) is 0 Å². The highest BCUT2D eigenvalue weighted by Crippen LogP contribution is 2.31. The van der Waals surface area contributed by atoms with Crippen LogP contribution in [0, 0.1) is 6.92 Å². The molecule has 4 aromatic rings. The fourth-order valence-corrected chi connectivity index (χ4v) is 5.59. The molecule has 0 bridgehead atoms. The number of rotatable bonds is 8. The normalized spacial score (nSPS) is 11.2. The first-order chi connectivity index (χ1) is 17.2. The van der Waals surface area contributed by atoms with E-state index in [1.165, 1.54) is 40.8 Å². The van der Waals surface area contributed by atoms with E-state index in [0.717, 1.165) is 11.3 Å². The summed E-state index contributed by atoms with van der Waals surface area (Å²) in [6.45, 7) is 2.06. The molecule has 36 heavy (non-hydrogen) atoms. The van der Waals surface area contributed by atoms with E-state index in [9.17, 15) is 13.2 Å². The zero-order valence-electron chi connectivity index (χ0n) is 19.2. The molecular weight excluding hydrogens is 535 g/mol. The number of nitrogens with one attached hydrogen (secondary N) is 2. The van der Waals surface area contributed by atoms with Gasteiger partial charge in [-0.15, -0.1) is 11.8 Å². The third kappa shape index (κ3) is 6.62. The van der Waals surface area contributed by atoms with Gasteiger partial charge in [0.05, 0.1) is 20.6 Å². The standard InChI is InChI=1S/C27H22Cl2N2O3S2/c1-18-5-13-22(14-6-18)35-17-19-7-9-20(10-8-19)27(32)30-21-11-15-23(16-12-21)36(33,34)31-25-4-2-3-24(28)26(25)29/h2-16,31H,17H2,1H3,(H,30,32). The van der Waals surface area contributed by atoms with Gasteiger partial charge in [-0.3, -0.25) is 9.52 Å². The Morgan fingerprint density at radius 2 is 1.53 bits per heavy atom. The van der Waals surface area contributed by atoms with Gasteiger partial charge in [0.25, 0.3) is 15.9 Å². The lowest BCUT2D eigenvalue weighted by molar-refractivity contribution is 0.102. The van der Waals surface area contributed by atoms with E-state index in [2.05, 4.69) is 41.2 Å². The number of amides is 1. The largest absolute Gasteiger partial charge is 0.322 e. The predicted molar refractivity (Wildman–Crippen MR) is 149 cm³/mol. The number of sulfonamides is 1. The second kappa shape index (κ2) is 11.4. The third-order valence-corrected chi connectivity index (χ3v) is 8.54. The Bertz CT molecular complexity index is 1470. The monoisotopic (exact) mass is 556 g/mol. The van der Waals surface area contributed by atoms with Crippen molar-refractivity contribution < 1.29 is 13.2 Å². The summed E-state index contributed by atoms with van der Waals surface area (Å²) in [4.78, 5) is 13.9. The van der Waals surface area contributed by atoms with Crippen molar-refractivity contribution in [2.75, 3.05) is 10.0 Å². The maximum atomic E-state index is 12.7. The van der Waals surface area contributed by atoms with Crippen molar-refractivity contribution in [3.63, 3.8) is 0 Å². The summed E-state index contributed by atoms with van der Waals surface area (Å²) in [6, 6.07) is 26.3. The van der Waals surface area contributed by atoms with Gasteiger partial charge in [-0.2, -0.15) is 0 Å². The lowest BCUT2D eigenvalue weighted by Gasteiger charge is -2.11. The van der Waals surface area contributed by atoms with Crippen LogP contribution in [0.5, 0.6) is 0 Å². The number of aryl methyl sites for hydroxylation is 1. The fraction of sp³-hybridized carbons (Fsp3) is 0.0741. The fourth-order valence-electron chi connectivity index (χ4n) is 3.26. The quantitative estimate of drug-likeness (QED) is 0.218. The first-order valence-corrected chi connectivity index (χ1v) is 14.1. The molecule has 0 saturated heterocycles. The second-order valence-electron chi connectivity index (χ2n) is 7.98. The van der Waals surface area contributed by atoms with E-state index in [0.29, 0.717) is 11.3 Å². The lowest BCUT2D eigenvalue weighted by atomic mass is 10.1. The van der Waals surface area contributed by atoms with Gasteiger partial charge >= 0.3 is 0 Å². The highest BCUT2D eigenvalue weighted by Gasteiger charge is 2.17. The number of thioether (sulfide) groups is 1. The number of hydrogen-bond acceptors (Lipinski definition) is 4. The Morgan fingerprint density at radius 3 is 2.19 bits per heavy atom. The molecule has 2 N–H and O–H groups in total. The highest BCUT2D eigenvalue weighted by atomic mass is 35.5. The topological polar surface area (TPSA) is 75.3 Å². The minimum Gasteiger partial charge on any atom is -0.322 e. The Morgan fingerprint density at radius 1 is 0.861 bits per heavy atom. The van der Waals surface area contributed by atoms with Gasteiger partial charge in [0.1, 0.15) is 0 Å². The first-order valence-electron chi connectivity index (χ1n) is 10.9. The Hall–Kier alpha value is -2.97. The van der Waals surface area contributed by atoms with E-state index < -0.39 is 10.0 Å². The van der Waals surface area contributed by atoms with Crippen molar-refractivity contribution in [2.45, 2.75) is 22.5 Å². The molecule has 0 atom stereocenters. The van der Waals surface area contributed by atoms with E-state index in [1.54, 1.807) is 36.0 Å². The zero-order valence-corrected chi connectivity index (χ0v) is 22.3. The highest BCUT2D eigenvalue weighted by molar-refractivity contribution is 7.98. The predicted octanol–water partition coefficient (Wildman–Crippen LogP) is 7.65. The summed E-state index contributed by atoms with van der Waals surface area (Å²) >= 11 is 13.8. The van der Waals surface area contributed by atoms with Gasteiger partial charge in [-0.25, -0.2) is 8.42 Å².